The fourth-order valence-corrected chi connectivity index (χ4v) is 1.74. The van der Waals surface area contributed by atoms with Crippen LogP contribution in [0.3, 0.4) is 0 Å². The van der Waals surface area contributed by atoms with E-state index in [0.29, 0.717) is 11.8 Å². The second-order valence-electron chi connectivity index (χ2n) is 3.65. The van der Waals surface area contributed by atoms with Gasteiger partial charge in [0.1, 0.15) is 6.10 Å². The van der Waals surface area contributed by atoms with Crippen molar-refractivity contribution < 1.29 is 14.6 Å². The molecule has 5 atom stereocenters. The minimum atomic E-state index is -0.767. The maximum absolute atomic E-state index is 9.48. The molecule has 0 spiro atoms. The molecule has 3 nitrogen and oxygen atoms in total. The van der Waals surface area contributed by atoms with Gasteiger partial charge in [0.2, 0.25) is 0 Å². The van der Waals surface area contributed by atoms with E-state index < -0.39 is 6.29 Å². The second kappa shape index (κ2) is 3.73. The van der Waals surface area contributed by atoms with Crippen molar-refractivity contribution in [1.82, 2.24) is 0 Å². The molecule has 1 saturated heterocycles. The van der Waals surface area contributed by atoms with E-state index in [-0.39, 0.29) is 12.2 Å². The van der Waals surface area contributed by atoms with Gasteiger partial charge in [-0.05, 0) is 18.8 Å². The fraction of sp³-hybridized carbons (Fsp3) is 1.00. The zero-order valence-corrected chi connectivity index (χ0v) is 8.15. The summed E-state index contributed by atoms with van der Waals surface area (Å²) in [6.45, 7) is 6.19. The molecule has 12 heavy (non-hydrogen) atoms. The third kappa shape index (κ3) is 1.63. The number of hydrogen-bond acceptors (Lipinski definition) is 3. The first kappa shape index (κ1) is 9.96. The molecule has 0 aromatic carbocycles. The standard InChI is InChI=1S/C9H18O3/c1-5-6(2)8(11-4)9(10)12-7(5)3/h5-10H,1-4H3. The van der Waals surface area contributed by atoms with Gasteiger partial charge in [-0.2, -0.15) is 0 Å². The lowest BCUT2D eigenvalue weighted by molar-refractivity contribution is -0.252. The predicted octanol–water partition coefficient (Wildman–Crippen LogP) is 1.01. The molecule has 1 rings (SSSR count). The first-order valence-corrected chi connectivity index (χ1v) is 4.44. The summed E-state index contributed by atoms with van der Waals surface area (Å²) in [6.07, 6.45) is -0.839. The third-order valence-electron chi connectivity index (χ3n) is 3.00. The van der Waals surface area contributed by atoms with Crippen LogP contribution >= 0.6 is 0 Å². The Morgan fingerprint density at radius 1 is 1.17 bits per heavy atom. The minimum Gasteiger partial charge on any atom is -0.376 e. The summed E-state index contributed by atoms with van der Waals surface area (Å²) >= 11 is 0. The highest BCUT2D eigenvalue weighted by atomic mass is 16.6. The van der Waals surface area contributed by atoms with E-state index in [0.717, 1.165) is 0 Å². The summed E-state index contributed by atoms with van der Waals surface area (Å²) in [7, 11) is 1.61. The Labute approximate surface area is 73.7 Å². The molecule has 72 valence electrons. The molecule has 0 radical (unpaired) electrons. The molecule has 0 aromatic rings. The molecular weight excluding hydrogens is 156 g/mol. The van der Waals surface area contributed by atoms with E-state index in [9.17, 15) is 5.11 Å². The van der Waals surface area contributed by atoms with Gasteiger partial charge in [-0.25, -0.2) is 0 Å². The lowest BCUT2D eigenvalue weighted by Gasteiger charge is -2.40. The topological polar surface area (TPSA) is 38.7 Å². The van der Waals surface area contributed by atoms with Crippen LogP contribution in [0.5, 0.6) is 0 Å². The molecule has 0 saturated carbocycles. The van der Waals surface area contributed by atoms with Gasteiger partial charge in [-0.1, -0.05) is 13.8 Å². The van der Waals surface area contributed by atoms with E-state index in [2.05, 4.69) is 13.8 Å². The zero-order valence-electron chi connectivity index (χ0n) is 8.15. The lowest BCUT2D eigenvalue weighted by Crippen LogP contribution is -2.48. The van der Waals surface area contributed by atoms with Crippen LogP contribution in [0.2, 0.25) is 0 Å². The Bertz CT molecular complexity index is 149. The summed E-state index contributed by atoms with van der Waals surface area (Å²) < 4.78 is 10.5. The van der Waals surface area contributed by atoms with E-state index in [4.69, 9.17) is 9.47 Å². The molecule has 1 aliphatic rings. The lowest BCUT2D eigenvalue weighted by atomic mass is 9.84. The van der Waals surface area contributed by atoms with Crippen molar-refractivity contribution in [3.63, 3.8) is 0 Å². The van der Waals surface area contributed by atoms with Crippen LogP contribution < -0.4 is 0 Å². The number of aliphatic hydroxyl groups is 1. The Kier molecular flexibility index (Phi) is 3.09. The van der Waals surface area contributed by atoms with Crippen LogP contribution in [0.25, 0.3) is 0 Å². The number of methoxy groups -OCH3 is 1. The first-order valence-electron chi connectivity index (χ1n) is 4.44. The van der Waals surface area contributed by atoms with Gasteiger partial charge >= 0.3 is 0 Å². The molecule has 0 aliphatic carbocycles. The van der Waals surface area contributed by atoms with Crippen molar-refractivity contribution in [1.29, 1.82) is 0 Å². The van der Waals surface area contributed by atoms with Crippen LogP contribution in [0.4, 0.5) is 0 Å². The normalized spacial score (nSPS) is 49.2. The Morgan fingerprint density at radius 2 is 1.75 bits per heavy atom. The van der Waals surface area contributed by atoms with Crippen LogP contribution in [-0.2, 0) is 9.47 Å². The Balaban J connectivity index is 2.65. The molecule has 5 unspecified atom stereocenters. The van der Waals surface area contributed by atoms with Gasteiger partial charge in [0, 0.05) is 7.11 Å². The van der Waals surface area contributed by atoms with Crippen molar-refractivity contribution in [2.24, 2.45) is 11.8 Å². The average Bonchev–Trinajstić information content (AvgIpc) is 2.01. The van der Waals surface area contributed by atoms with Gasteiger partial charge in [0.25, 0.3) is 0 Å². The molecule has 0 amide bonds. The van der Waals surface area contributed by atoms with Crippen LogP contribution in [0.1, 0.15) is 20.8 Å². The molecule has 0 bridgehead atoms. The van der Waals surface area contributed by atoms with E-state index in [1.807, 2.05) is 6.92 Å². The van der Waals surface area contributed by atoms with Crippen molar-refractivity contribution in [2.75, 3.05) is 7.11 Å². The van der Waals surface area contributed by atoms with Gasteiger partial charge in [-0.3, -0.25) is 0 Å². The average molecular weight is 174 g/mol. The molecule has 1 heterocycles. The van der Waals surface area contributed by atoms with Crippen LogP contribution in [-0.4, -0.2) is 30.7 Å². The molecule has 1 aliphatic heterocycles. The van der Waals surface area contributed by atoms with E-state index in [1.54, 1.807) is 7.11 Å². The number of aliphatic hydroxyl groups excluding tert-OH is 1. The fourth-order valence-electron chi connectivity index (χ4n) is 1.74. The summed E-state index contributed by atoms with van der Waals surface area (Å²) in [5, 5.41) is 9.48. The summed E-state index contributed by atoms with van der Waals surface area (Å²) in [5.74, 6) is 0.770. The molecule has 1 N–H and O–H groups in total. The quantitative estimate of drug-likeness (QED) is 0.644. The maximum atomic E-state index is 9.48. The van der Waals surface area contributed by atoms with E-state index >= 15 is 0 Å². The van der Waals surface area contributed by atoms with Crippen molar-refractivity contribution in [3.05, 3.63) is 0 Å². The van der Waals surface area contributed by atoms with Gasteiger partial charge in [-0.15, -0.1) is 0 Å². The molecule has 1 fully saturated rings. The zero-order chi connectivity index (χ0) is 9.30. The Hall–Kier alpha value is -0.120. The van der Waals surface area contributed by atoms with Crippen molar-refractivity contribution in [2.45, 2.75) is 39.3 Å². The monoisotopic (exact) mass is 174 g/mol. The highest BCUT2D eigenvalue weighted by molar-refractivity contribution is 4.82. The summed E-state index contributed by atoms with van der Waals surface area (Å²) in [5.41, 5.74) is 0. The smallest absolute Gasteiger partial charge is 0.181 e. The van der Waals surface area contributed by atoms with E-state index in [1.165, 1.54) is 0 Å². The maximum Gasteiger partial charge on any atom is 0.181 e. The minimum absolute atomic E-state index is 0.112. The van der Waals surface area contributed by atoms with Crippen LogP contribution in [0.15, 0.2) is 0 Å². The molecule has 0 aromatic heterocycles. The summed E-state index contributed by atoms with van der Waals surface area (Å²) in [4.78, 5) is 0. The number of hydrogen-bond donors (Lipinski definition) is 1. The number of ether oxygens (including phenoxy) is 2. The largest absolute Gasteiger partial charge is 0.376 e. The van der Waals surface area contributed by atoms with Crippen molar-refractivity contribution in [3.8, 4) is 0 Å². The predicted molar refractivity (Wildman–Crippen MR) is 45.7 cm³/mol. The second-order valence-corrected chi connectivity index (χ2v) is 3.65. The van der Waals surface area contributed by atoms with Crippen molar-refractivity contribution >= 4 is 0 Å². The highest BCUT2D eigenvalue weighted by Gasteiger charge is 2.38. The number of rotatable bonds is 1. The van der Waals surface area contributed by atoms with Gasteiger partial charge in [0.05, 0.1) is 6.10 Å². The highest BCUT2D eigenvalue weighted by Crippen LogP contribution is 2.30. The summed E-state index contributed by atoms with van der Waals surface area (Å²) in [6, 6.07) is 0. The van der Waals surface area contributed by atoms with Crippen LogP contribution in [0, 0.1) is 11.8 Å². The first-order chi connectivity index (χ1) is 5.57. The van der Waals surface area contributed by atoms with Gasteiger partial charge < -0.3 is 14.6 Å². The molecule has 3 heteroatoms. The SMILES string of the molecule is COC1C(O)OC(C)C(C)C1C. The third-order valence-corrected chi connectivity index (χ3v) is 3.00. The molecular formula is C9H18O3. The Morgan fingerprint density at radius 3 is 2.25 bits per heavy atom. The van der Waals surface area contributed by atoms with Gasteiger partial charge in [0.15, 0.2) is 6.29 Å².